The summed E-state index contributed by atoms with van der Waals surface area (Å²) in [6, 6.07) is 14.6. The highest BCUT2D eigenvalue weighted by atomic mass is 16.5. The number of nitrogens with zero attached hydrogens (tertiary/aromatic N) is 2. The fourth-order valence-corrected chi connectivity index (χ4v) is 2.70. The summed E-state index contributed by atoms with van der Waals surface area (Å²) in [7, 11) is 1.59. The number of para-hydroxylation sites is 1. The summed E-state index contributed by atoms with van der Waals surface area (Å²) in [6.07, 6.45) is 0.435. The second-order valence-electron chi connectivity index (χ2n) is 5.34. The van der Waals surface area contributed by atoms with E-state index in [-0.39, 0.29) is 0 Å². The van der Waals surface area contributed by atoms with Crippen molar-refractivity contribution in [1.82, 2.24) is 9.78 Å². The van der Waals surface area contributed by atoms with Crippen LogP contribution < -0.4 is 10.3 Å². The molecule has 0 spiro atoms. The standard InChI is InChI=1S/C18H16N2O4/c1-24-16-9-5-2-6-12(16)10-15-13-7-3-4-8-14(13)18(23)20(19-15)11-17(21)22/h2-9H,10-11H2,1H3,(H,21,22). The number of methoxy groups -OCH3 is 1. The molecule has 3 aromatic rings. The quantitative estimate of drug-likeness (QED) is 0.777. The average Bonchev–Trinajstić information content (AvgIpc) is 2.59. The summed E-state index contributed by atoms with van der Waals surface area (Å²) < 4.78 is 6.35. The normalized spacial score (nSPS) is 10.7. The van der Waals surface area contributed by atoms with E-state index in [1.165, 1.54) is 0 Å². The van der Waals surface area contributed by atoms with Crippen LogP contribution in [0, 0.1) is 0 Å². The molecule has 0 amide bonds. The van der Waals surface area contributed by atoms with Gasteiger partial charge < -0.3 is 9.84 Å². The Labute approximate surface area is 137 Å². The summed E-state index contributed by atoms with van der Waals surface area (Å²) in [5.41, 5.74) is 1.14. The van der Waals surface area contributed by atoms with Crippen LogP contribution in [0.2, 0.25) is 0 Å². The second-order valence-corrected chi connectivity index (χ2v) is 5.34. The number of hydrogen-bond acceptors (Lipinski definition) is 4. The summed E-state index contributed by atoms with van der Waals surface area (Å²) in [4.78, 5) is 23.4. The molecule has 3 rings (SSSR count). The lowest BCUT2D eigenvalue weighted by atomic mass is 10.0. The van der Waals surface area contributed by atoms with Crippen molar-refractivity contribution in [3.8, 4) is 5.75 Å². The topological polar surface area (TPSA) is 81.4 Å². The van der Waals surface area contributed by atoms with E-state index in [1.54, 1.807) is 19.2 Å². The smallest absolute Gasteiger partial charge is 0.325 e. The first-order chi connectivity index (χ1) is 11.6. The third-order valence-corrected chi connectivity index (χ3v) is 3.78. The van der Waals surface area contributed by atoms with Crippen LogP contribution >= 0.6 is 0 Å². The van der Waals surface area contributed by atoms with E-state index < -0.39 is 18.1 Å². The molecule has 0 radical (unpaired) electrons. The van der Waals surface area contributed by atoms with Crippen LogP contribution in [0.15, 0.2) is 53.3 Å². The molecular weight excluding hydrogens is 308 g/mol. The minimum atomic E-state index is -1.11. The second kappa shape index (κ2) is 6.54. The fourth-order valence-electron chi connectivity index (χ4n) is 2.70. The van der Waals surface area contributed by atoms with Crippen LogP contribution in [0.1, 0.15) is 11.3 Å². The van der Waals surface area contributed by atoms with Crippen molar-refractivity contribution in [3.63, 3.8) is 0 Å². The molecule has 0 fully saturated rings. The molecule has 0 saturated heterocycles. The molecule has 0 aliphatic heterocycles. The number of aromatic nitrogens is 2. The predicted octanol–water partition coefficient (Wildman–Crippen LogP) is 2.08. The zero-order valence-corrected chi connectivity index (χ0v) is 13.1. The number of carboxylic acid groups (broad SMARTS) is 1. The highest BCUT2D eigenvalue weighted by Crippen LogP contribution is 2.23. The number of hydrogen-bond donors (Lipinski definition) is 1. The highest BCUT2D eigenvalue weighted by Gasteiger charge is 2.14. The Bertz CT molecular complexity index is 963. The van der Waals surface area contributed by atoms with Crippen molar-refractivity contribution in [2.24, 2.45) is 0 Å². The summed E-state index contributed by atoms with van der Waals surface area (Å²) in [5, 5.41) is 14.5. The van der Waals surface area contributed by atoms with Gasteiger partial charge >= 0.3 is 5.97 Å². The van der Waals surface area contributed by atoms with E-state index in [2.05, 4.69) is 5.10 Å². The van der Waals surface area contributed by atoms with Crippen LogP contribution in [0.5, 0.6) is 5.75 Å². The molecule has 6 nitrogen and oxygen atoms in total. The Hall–Kier alpha value is -3.15. The van der Waals surface area contributed by atoms with Gasteiger partial charge in [-0.15, -0.1) is 0 Å². The summed E-state index contributed by atoms with van der Waals surface area (Å²) in [5.74, 6) is -0.387. The maximum atomic E-state index is 12.4. The lowest BCUT2D eigenvalue weighted by molar-refractivity contribution is -0.138. The number of rotatable bonds is 5. The highest BCUT2D eigenvalue weighted by molar-refractivity contribution is 5.84. The molecule has 1 aromatic heterocycles. The van der Waals surface area contributed by atoms with Crippen molar-refractivity contribution in [2.45, 2.75) is 13.0 Å². The molecule has 24 heavy (non-hydrogen) atoms. The Morgan fingerprint density at radius 2 is 1.79 bits per heavy atom. The van der Waals surface area contributed by atoms with Gasteiger partial charge in [-0.2, -0.15) is 5.10 Å². The van der Waals surface area contributed by atoms with E-state index in [1.807, 2.05) is 36.4 Å². The van der Waals surface area contributed by atoms with Gasteiger partial charge in [-0.25, -0.2) is 4.68 Å². The SMILES string of the molecule is COc1ccccc1Cc1nn(CC(=O)O)c(=O)c2ccccc12. The molecule has 1 heterocycles. The van der Waals surface area contributed by atoms with Crippen molar-refractivity contribution in [1.29, 1.82) is 0 Å². The number of ether oxygens (including phenoxy) is 1. The molecule has 122 valence electrons. The van der Waals surface area contributed by atoms with Gasteiger partial charge in [0.1, 0.15) is 12.3 Å². The lowest BCUT2D eigenvalue weighted by Gasteiger charge is -2.12. The number of fused-ring (bicyclic) bond motifs is 1. The Morgan fingerprint density at radius 3 is 2.50 bits per heavy atom. The van der Waals surface area contributed by atoms with Gasteiger partial charge in [-0.1, -0.05) is 36.4 Å². The first-order valence-electron chi connectivity index (χ1n) is 7.42. The molecule has 1 N–H and O–H groups in total. The molecule has 0 aliphatic rings. The van der Waals surface area contributed by atoms with E-state index in [0.29, 0.717) is 17.5 Å². The molecule has 0 atom stereocenters. The van der Waals surface area contributed by atoms with Crippen LogP contribution in [-0.4, -0.2) is 28.0 Å². The number of carboxylic acids is 1. The van der Waals surface area contributed by atoms with E-state index in [0.717, 1.165) is 21.4 Å². The third kappa shape index (κ3) is 2.99. The van der Waals surface area contributed by atoms with Gasteiger partial charge in [0, 0.05) is 17.4 Å². The third-order valence-electron chi connectivity index (χ3n) is 3.78. The molecule has 0 saturated carbocycles. The van der Waals surface area contributed by atoms with Gasteiger partial charge in [-0.05, 0) is 12.1 Å². The van der Waals surface area contributed by atoms with Gasteiger partial charge in [0.05, 0.1) is 18.2 Å². The summed E-state index contributed by atoms with van der Waals surface area (Å²) >= 11 is 0. The number of aliphatic carboxylic acids is 1. The molecule has 2 aromatic carbocycles. The van der Waals surface area contributed by atoms with Crippen molar-refractivity contribution in [2.75, 3.05) is 7.11 Å². The Balaban J connectivity index is 2.17. The van der Waals surface area contributed by atoms with Crippen LogP contribution in [-0.2, 0) is 17.8 Å². The first kappa shape index (κ1) is 15.7. The zero-order valence-electron chi connectivity index (χ0n) is 13.1. The maximum absolute atomic E-state index is 12.4. The monoisotopic (exact) mass is 324 g/mol. The van der Waals surface area contributed by atoms with E-state index in [9.17, 15) is 9.59 Å². The zero-order chi connectivity index (χ0) is 17.1. The average molecular weight is 324 g/mol. The van der Waals surface area contributed by atoms with Crippen LogP contribution in [0.4, 0.5) is 0 Å². The Morgan fingerprint density at radius 1 is 1.12 bits per heavy atom. The van der Waals surface area contributed by atoms with E-state index in [4.69, 9.17) is 9.84 Å². The van der Waals surface area contributed by atoms with Crippen molar-refractivity contribution in [3.05, 3.63) is 70.1 Å². The minimum Gasteiger partial charge on any atom is -0.496 e. The molecular formula is C18H16N2O4. The number of benzene rings is 2. The van der Waals surface area contributed by atoms with Gasteiger partial charge in [0.2, 0.25) is 0 Å². The molecule has 6 heteroatoms. The minimum absolute atomic E-state index is 0.406. The van der Waals surface area contributed by atoms with Crippen LogP contribution in [0.3, 0.4) is 0 Å². The molecule has 0 aliphatic carbocycles. The fraction of sp³-hybridized carbons (Fsp3) is 0.167. The van der Waals surface area contributed by atoms with E-state index >= 15 is 0 Å². The van der Waals surface area contributed by atoms with Gasteiger partial charge in [0.25, 0.3) is 5.56 Å². The maximum Gasteiger partial charge on any atom is 0.325 e. The van der Waals surface area contributed by atoms with Crippen molar-refractivity contribution >= 4 is 16.7 Å². The van der Waals surface area contributed by atoms with Crippen molar-refractivity contribution < 1.29 is 14.6 Å². The number of carbonyl (C=O) groups is 1. The molecule has 0 unspecified atom stereocenters. The van der Waals surface area contributed by atoms with Crippen LogP contribution in [0.25, 0.3) is 10.8 Å². The molecule has 0 bridgehead atoms. The van der Waals surface area contributed by atoms with Gasteiger partial charge in [0.15, 0.2) is 0 Å². The van der Waals surface area contributed by atoms with Gasteiger partial charge in [-0.3, -0.25) is 9.59 Å². The summed E-state index contributed by atoms with van der Waals surface area (Å²) in [6.45, 7) is -0.470. The lowest BCUT2D eigenvalue weighted by Crippen LogP contribution is -2.28. The Kier molecular flexibility index (Phi) is 4.29. The predicted molar refractivity (Wildman–Crippen MR) is 89.4 cm³/mol. The first-order valence-corrected chi connectivity index (χ1v) is 7.42. The largest absolute Gasteiger partial charge is 0.496 e.